The Morgan fingerprint density at radius 2 is 1.84 bits per heavy atom. The highest BCUT2D eigenvalue weighted by molar-refractivity contribution is 5.82. The number of rotatable bonds is 6. The van der Waals surface area contributed by atoms with Gasteiger partial charge in [-0.1, -0.05) is 35.9 Å². The fourth-order valence-electron chi connectivity index (χ4n) is 4.13. The number of nitrogens with zero attached hydrogens (tertiary/aromatic N) is 2. The SMILES string of the molecule is Cc1ccc(C2c3cc(OCC(=O)N(C)C(C)C)ccc3CCN2C(=O)C2CC2)cc1. The molecular weight excluding hydrogens is 388 g/mol. The van der Waals surface area contributed by atoms with E-state index in [1.807, 2.05) is 30.9 Å². The second-order valence-electron chi connectivity index (χ2n) is 9.12. The Labute approximate surface area is 185 Å². The lowest BCUT2D eigenvalue weighted by Gasteiger charge is -2.38. The van der Waals surface area contributed by atoms with Gasteiger partial charge in [0.25, 0.3) is 5.91 Å². The fourth-order valence-corrected chi connectivity index (χ4v) is 4.13. The minimum atomic E-state index is -0.116. The monoisotopic (exact) mass is 420 g/mol. The molecular formula is C26H32N2O3. The molecule has 0 N–H and O–H groups in total. The van der Waals surface area contributed by atoms with Crippen LogP contribution in [0.2, 0.25) is 0 Å². The lowest BCUT2D eigenvalue weighted by molar-refractivity contribution is -0.134. The summed E-state index contributed by atoms with van der Waals surface area (Å²) in [7, 11) is 1.79. The van der Waals surface area contributed by atoms with Gasteiger partial charge in [-0.15, -0.1) is 0 Å². The summed E-state index contributed by atoms with van der Waals surface area (Å²) in [5.41, 5.74) is 4.66. The molecule has 0 spiro atoms. The summed E-state index contributed by atoms with van der Waals surface area (Å²) in [6.07, 6.45) is 2.83. The van der Waals surface area contributed by atoms with Crippen LogP contribution in [-0.4, -0.2) is 47.9 Å². The molecule has 5 nitrogen and oxygen atoms in total. The number of aryl methyl sites for hydroxylation is 1. The van der Waals surface area contributed by atoms with Crippen LogP contribution < -0.4 is 4.74 Å². The van der Waals surface area contributed by atoms with Crippen LogP contribution in [0.25, 0.3) is 0 Å². The van der Waals surface area contributed by atoms with E-state index >= 15 is 0 Å². The summed E-state index contributed by atoms with van der Waals surface area (Å²) in [6.45, 7) is 6.78. The number of hydrogen-bond acceptors (Lipinski definition) is 3. The minimum absolute atomic E-state index is 0.00733. The number of amides is 2. The van der Waals surface area contributed by atoms with Gasteiger partial charge in [0, 0.05) is 25.6 Å². The van der Waals surface area contributed by atoms with Gasteiger partial charge in [0.05, 0.1) is 6.04 Å². The Balaban J connectivity index is 1.63. The molecule has 2 aromatic rings. The maximum absolute atomic E-state index is 13.1. The van der Waals surface area contributed by atoms with Gasteiger partial charge >= 0.3 is 0 Å². The van der Waals surface area contributed by atoms with Gasteiger partial charge in [-0.25, -0.2) is 0 Å². The first kappa shape index (κ1) is 21.4. The van der Waals surface area contributed by atoms with Crippen LogP contribution in [-0.2, 0) is 16.0 Å². The van der Waals surface area contributed by atoms with Gasteiger partial charge in [0.2, 0.25) is 5.91 Å². The van der Waals surface area contributed by atoms with E-state index in [2.05, 4.69) is 37.3 Å². The number of likely N-dealkylation sites (N-methyl/N-ethyl adjacent to an activating group) is 1. The number of fused-ring (bicyclic) bond motifs is 1. The highest BCUT2D eigenvalue weighted by Crippen LogP contribution is 2.41. The number of benzene rings is 2. The van der Waals surface area contributed by atoms with Crippen molar-refractivity contribution in [2.45, 2.75) is 52.1 Å². The molecule has 0 radical (unpaired) electrons. The third-order valence-corrected chi connectivity index (χ3v) is 6.48. The molecule has 0 saturated heterocycles. The molecule has 1 saturated carbocycles. The Morgan fingerprint density at radius 1 is 1.13 bits per heavy atom. The van der Waals surface area contributed by atoms with Crippen LogP contribution in [0.1, 0.15) is 55.0 Å². The normalized spacial score (nSPS) is 18.0. The molecule has 2 amide bonds. The quantitative estimate of drug-likeness (QED) is 0.706. The third kappa shape index (κ3) is 4.60. The number of ether oxygens (including phenoxy) is 1. The maximum Gasteiger partial charge on any atom is 0.260 e. The average molecular weight is 421 g/mol. The summed E-state index contributed by atoms with van der Waals surface area (Å²) in [6, 6.07) is 14.5. The van der Waals surface area contributed by atoms with Gasteiger partial charge in [-0.2, -0.15) is 0 Å². The first-order valence-corrected chi connectivity index (χ1v) is 11.2. The van der Waals surface area contributed by atoms with Gasteiger partial charge in [0.15, 0.2) is 6.61 Å². The van der Waals surface area contributed by atoms with Crippen molar-refractivity contribution < 1.29 is 14.3 Å². The van der Waals surface area contributed by atoms with E-state index in [1.54, 1.807) is 11.9 Å². The number of hydrogen-bond donors (Lipinski definition) is 0. The maximum atomic E-state index is 13.1. The molecule has 2 aliphatic rings. The van der Waals surface area contributed by atoms with Crippen LogP contribution in [0.4, 0.5) is 0 Å². The van der Waals surface area contributed by atoms with Crippen molar-refractivity contribution >= 4 is 11.8 Å². The zero-order chi connectivity index (χ0) is 22.1. The van der Waals surface area contributed by atoms with Gasteiger partial charge in [-0.3, -0.25) is 9.59 Å². The van der Waals surface area contributed by atoms with Crippen molar-refractivity contribution in [2.75, 3.05) is 20.2 Å². The van der Waals surface area contributed by atoms with E-state index in [1.165, 1.54) is 11.1 Å². The third-order valence-electron chi connectivity index (χ3n) is 6.48. The molecule has 1 heterocycles. The highest BCUT2D eigenvalue weighted by Gasteiger charge is 2.39. The smallest absolute Gasteiger partial charge is 0.260 e. The zero-order valence-corrected chi connectivity index (χ0v) is 18.9. The molecule has 0 bridgehead atoms. The van der Waals surface area contributed by atoms with Crippen molar-refractivity contribution in [3.05, 3.63) is 64.7 Å². The molecule has 2 aromatic carbocycles. The van der Waals surface area contributed by atoms with E-state index in [9.17, 15) is 9.59 Å². The fraction of sp³-hybridized carbons (Fsp3) is 0.462. The molecule has 0 aromatic heterocycles. The Bertz CT molecular complexity index is 963. The lowest BCUT2D eigenvalue weighted by Crippen LogP contribution is -2.41. The Hall–Kier alpha value is -2.82. The van der Waals surface area contributed by atoms with E-state index < -0.39 is 0 Å². The molecule has 1 unspecified atom stereocenters. The first-order chi connectivity index (χ1) is 14.8. The van der Waals surface area contributed by atoms with Gasteiger partial charge < -0.3 is 14.5 Å². The van der Waals surface area contributed by atoms with Crippen LogP contribution >= 0.6 is 0 Å². The Kier molecular flexibility index (Phi) is 6.03. The summed E-state index contributed by atoms with van der Waals surface area (Å²) in [5.74, 6) is 1.06. The number of carbonyl (C=O) groups is 2. The molecule has 1 fully saturated rings. The highest BCUT2D eigenvalue weighted by atomic mass is 16.5. The molecule has 31 heavy (non-hydrogen) atoms. The van der Waals surface area contributed by atoms with Crippen molar-refractivity contribution in [3.8, 4) is 5.75 Å². The van der Waals surface area contributed by atoms with Crippen LogP contribution in [0.5, 0.6) is 5.75 Å². The van der Waals surface area contributed by atoms with E-state index in [0.717, 1.165) is 36.9 Å². The second-order valence-corrected chi connectivity index (χ2v) is 9.12. The Morgan fingerprint density at radius 3 is 2.48 bits per heavy atom. The largest absolute Gasteiger partial charge is 0.484 e. The van der Waals surface area contributed by atoms with Crippen molar-refractivity contribution in [3.63, 3.8) is 0 Å². The first-order valence-electron chi connectivity index (χ1n) is 11.2. The molecule has 1 aliphatic heterocycles. The summed E-state index contributed by atoms with van der Waals surface area (Å²) in [5, 5.41) is 0. The van der Waals surface area contributed by atoms with Crippen molar-refractivity contribution in [1.82, 2.24) is 9.80 Å². The lowest BCUT2D eigenvalue weighted by atomic mass is 9.87. The van der Waals surface area contributed by atoms with Crippen LogP contribution in [0.3, 0.4) is 0 Å². The van der Waals surface area contributed by atoms with Crippen molar-refractivity contribution in [1.29, 1.82) is 0 Å². The van der Waals surface area contributed by atoms with Crippen molar-refractivity contribution in [2.24, 2.45) is 5.92 Å². The molecule has 164 valence electrons. The standard InChI is InChI=1S/C26H32N2O3/c1-17(2)27(4)24(29)16-31-22-12-11-19-13-14-28(26(30)21-9-10-21)25(23(19)15-22)20-7-5-18(3)6-8-20/h5-8,11-12,15,17,21,25H,9-10,13-14,16H2,1-4H3. The molecule has 1 atom stereocenters. The summed E-state index contributed by atoms with van der Waals surface area (Å²) >= 11 is 0. The zero-order valence-electron chi connectivity index (χ0n) is 18.9. The molecule has 5 heteroatoms. The summed E-state index contributed by atoms with van der Waals surface area (Å²) in [4.78, 5) is 29.2. The molecule has 4 rings (SSSR count). The predicted octanol–water partition coefficient (Wildman–Crippen LogP) is 4.12. The van der Waals surface area contributed by atoms with Gasteiger partial charge in [-0.05, 0) is 68.9 Å². The average Bonchev–Trinajstić information content (AvgIpc) is 3.61. The predicted molar refractivity (Wildman–Crippen MR) is 121 cm³/mol. The topological polar surface area (TPSA) is 49.9 Å². The van der Waals surface area contributed by atoms with E-state index in [-0.39, 0.29) is 36.4 Å². The molecule has 1 aliphatic carbocycles. The number of carbonyl (C=O) groups excluding carboxylic acids is 2. The summed E-state index contributed by atoms with van der Waals surface area (Å²) < 4.78 is 5.87. The van der Waals surface area contributed by atoms with E-state index in [0.29, 0.717) is 5.75 Å². The minimum Gasteiger partial charge on any atom is -0.484 e. The van der Waals surface area contributed by atoms with Crippen LogP contribution in [0.15, 0.2) is 42.5 Å². The second kappa shape index (κ2) is 8.74. The van der Waals surface area contributed by atoms with Gasteiger partial charge in [0.1, 0.15) is 5.75 Å². The van der Waals surface area contributed by atoms with Crippen LogP contribution in [0, 0.1) is 12.8 Å². The van der Waals surface area contributed by atoms with E-state index in [4.69, 9.17) is 4.74 Å².